The van der Waals surface area contributed by atoms with Gasteiger partial charge in [-0.2, -0.15) is 0 Å². The summed E-state index contributed by atoms with van der Waals surface area (Å²) in [5.74, 6) is 0.0142. The van der Waals surface area contributed by atoms with E-state index in [1.165, 1.54) is 0 Å². The van der Waals surface area contributed by atoms with Gasteiger partial charge in [0, 0.05) is 12.6 Å². The minimum atomic E-state index is -0.455. The number of hydrogen-bond donors (Lipinski definition) is 2. The third-order valence-corrected chi connectivity index (χ3v) is 5.33. The zero-order valence-electron chi connectivity index (χ0n) is 15.6. The fourth-order valence-electron chi connectivity index (χ4n) is 3.93. The quantitative estimate of drug-likeness (QED) is 0.849. The summed E-state index contributed by atoms with van der Waals surface area (Å²) in [4.78, 5) is 14.6. The Morgan fingerprint density at radius 2 is 2.08 bits per heavy atom. The minimum Gasteiger partial charge on any atom is -0.389 e. The second-order valence-electron chi connectivity index (χ2n) is 7.48. The smallest absolute Gasteiger partial charge is 0.223 e. The highest BCUT2D eigenvalue weighted by molar-refractivity contribution is 5.76. The van der Waals surface area contributed by atoms with Crippen LogP contribution in [-0.2, 0) is 14.3 Å². The Balaban J connectivity index is 1.51. The molecule has 3 rings (SSSR count). The number of aliphatic hydroxyl groups is 1. The van der Waals surface area contributed by atoms with Crippen LogP contribution in [0.3, 0.4) is 0 Å². The van der Waals surface area contributed by atoms with E-state index in [4.69, 9.17) is 9.47 Å². The Morgan fingerprint density at radius 1 is 1.31 bits per heavy atom. The zero-order chi connectivity index (χ0) is 18.5. The standard InChI is InChI=1S/C20H30N2O4/c1-14(15-6-4-3-5-7-15)21-20(24)10-17-8-9-18-19(26-17)13-25-12-16(23)11-22(18)2/h3-7,14,16-19,23H,8-13H2,1-2H3,(H,21,24)/t14-,16+,17-,18-,19+/m1/s1. The largest absolute Gasteiger partial charge is 0.389 e. The molecule has 1 amide bonds. The number of fused-ring (bicyclic) bond motifs is 1. The van der Waals surface area contributed by atoms with Crippen LogP contribution in [0.2, 0.25) is 0 Å². The van der Waals surface area contributed by atoms with Gasteiger partial charge in [0.2, 0.25) is 5.91 Å². The highest BCUT2D eigenvalue weighted by atomic mass is 16.5. The molecule has 1 aromatic carbocycles. The van der Waals surface area contributed by atoms with Gasteiger partial charge in [-0.3, -0.25) is 9.69 Å². The number of carbonyl (C=O) groups excluding carboxylic acids is 1. The molecule has 2 fully saturated rings. The molecule has 2 aliphatic heterocycles. The van der Waals surface area contributed by atoms with Gasteiger partial charge >= 0.3 is 0 Å². The number of benzene rings is 1. The lowest BCUT2D eigenvalue weighted by molar-refractivity contribution is -0.153. The summed E-state index contributed by atoms with van der Waals surface area (Å²) in [5.41, 5.74) is 1.10. The number of carbonyl (C=O) groups is 1. The van der Waals surface area contributed by atoms with Gasteiger partial charge in [0.05, 0.1) is 44.0 Å². The van der Waals surface area contributed by atoms with Gasteiger partial charge in [-0.05, 0) is 32.4 Å². The van der Waals surface area contributed by atoms with Crippen molar-refractivity contribution in [2.45, 2.75) is 56.6 Å². The van der Waals surface area contributed by atoms with E-state index in [9.17, 15) is 9.90 Å². The predicted octanol–water partition coefficient (Wildman–Crippen LogP) is 1.49. The third kappa shape index (κ3) is 5.04. The molecule has 0 spiro atoms. The predicted molar refractivity (Wildman–Crippen MR) is 98.8 cm³/mol. The van der Waals surface area contributed by atoms with Crippen LogP contribution < -0.4 is 5.32 Å². The molecule has 2 aliphatic rings. The highest BCUT2D eigenvalue weighted by Gasteiger charge is 2.36. The summed E-state index contributed by atoms with van der Waals surface area (Å²) in [6.07, 6.45) is 1.57. The molecule has 6 heteroatoms. The van der Waals surface area contributed by atoms with Crippen LogP contribution in [-0.4, -0.2) is 67.1 Å². The van der Waals surface area contributed by atoms with Gasteiger partial charge in [-0.15, -0.1) is 0 Å². The van der Waals surface area contributed by atoms with Crippen LogP contribution in [0.5, 0.6) is 0 Å². The fraction of sp³-hybridized carbons (Fsp3) is 0.650. The summed E-state index contributed by atoms with van der Waals surface area (Å²) in [7, 11) is 2.02. The lowest BCUT2D eigenvalue weighted by Gasteiger charge is -2.43. The van der Waals surface area contributed by atoms with Gasteiger partial charge < -0.3 is 19.9 Å². The maximum Gasteiger partial charge on any atom is 0.223 e. The number of nitrogens with one attached hydrogen (secondary N) is 1. The maximum atomic E-state index is 12.4. The number of nitrogens with zero attached hydrogens (tertiary/aromatic N) is 1. The molecule has 0 bridgehead atoms. The average Bonchev–Trinajstić information content (AvgIpc) is 2.61. The summed E-state index contributed by atoms with van der Waals surface area (Å²) in [5, 5.41) is 12.9. The van der Waals surface area contributed by atoms with Crippen molar-refractivity contribution in [3.05, 3.63) is 35.9 Å². The van der Waals surface area contributed by atoms with E-state index in [0.29, 0.717) is 26.2 Å². The second-order valence-corrected chi connectivity index (χ2v) is 7.48. The van der Waals surface area contributed by atoms with E-state index >= 15 is 0 Å². The van der Waals surface area contributed by atoms with E-state index < -0.39 is 6.10 Å². The van der Waals surface area contributed by atoms with Crippen molar-refractivity contribution in [2.75, 3.05) is 26.8 Å². The summed E-state index contributed by atoms with van der Waals surface area (Å²) in [6.45, 7) is 3.37. The zero-order valence-corrected chi connectivity index (χ0v) is 15.6. The topological polar surface area (TPSA) is 71.0 Å². The molecule has 26 heavy (non-hydrogen) atoms. The van der Waals surface area contributed by atoms with Gasteiger partial charge in [0.1, 0.15) is 0 Å². The first-order valence-electron chi connectivity index (χ1n) is 9.48. The Hall–Kier alpha value is -1.47. The van der Waals surface area contributed by atoms with Crippen molar-refractivity contribution in [1.29, 1.82) is 0 Å². The molecule has 0 saturated carbocycles. The van der Waals surface area contributed by atoms with Crippen LogP contribution in [0, 0.1) is 0 Å². The number of rotatable bonds is 4. The van der Waals surface area contributed by atoms with E-state index in [1.54, 1.807) is 0 Å². The van der Waals surface area contributed by atoms with Crippen molar-refractivity contribution < 1.29 is 19.4 Å². The Morgan fingerprint density at radius 3 is 2.85 bits per heavy atom. The summed E-state index contributed by atoms with van der Waals surface area (Å²) < 4.78 is 11.8. The third-order valence-electron chi connectivity index (χ3n) is 5.33. The molecule has 144 valence electrons. The highest BCUT2D eigenvalue weighted by Crippen LogP contribution is 2.27. The lowest BCUT2D eigenvalue weighted by Crippen LogP contribution is -2.54. The van der Waals surface area contributed by atoms with E-state index in [2.05, 4.69) is 10.2 Å². The van der Waals surface area contributed by atoms with Crippen molar-refractivity contribution in [3.8, 4) is 0 Å². The first-order chi connectivity index (χ1) is 12.5. The molecular formula is C20H30N2O4. The summed E-state index contributed by atoms with van der Waals surface area (Å²) in [6, 6.07) is 10.2. The Kier molecular flexibility index (Phi) is 6.64. The molecule has 0 unspecified atom stereocenters. The van der Waals surface area contributed by atoms with E-state index in [0.717, 1.165) is 18.4 Å². The minimum absolute atomic E-state index is 0.0142. The molecule has 6 nitrogen and oxygen atoms in total. The van der Waals surface area contributed by atoms with Crippen molar-refractivity contribution in [3.63, 3.8) is 0 Å². The number of aliphatic hydroxyl groups excluding tert-OH is 1. The average molecular weight is 362 g/mol. The molecule has 2 N–H and O–H groups in total. The van der Waals surface area contributed by atoms with Crippen LogP contribution >= 0.6 is 0 Å². The van der Waals surface area contributed by atoms with Gasteiger partial charge in [-0.25, -0.2) is 0 Å². The normalized spacial score (nSPS) is 31.3. The molecule has 2 heterocycles. The number of ether oxygens (including phenoxy) is 2. The summed E-state index contributed by atoms with van der Waals surface area (Å²) >= 11 is 0. The lowest BCUT2D eigenvalue weighted by atomic mass is 9.95. The Labute approximate surface area is 155 Å². The molecule has 2 saturated heterocycles. The number of amides is 1. The molecule has 1 aromatic rings. The van der Waals surface area contributed by atoms with Crippen LogP contribution in [0.15, 0.2) is 30.3 Å². The van der Waals surface area contributed by atoms with Crippen molar-refractivity contribution >= 4 is 5.91 Å². The van der Waals surface area contributed by atoms with Crippen molar-refractivity contribution in [1.82, 2.24) is 10.2 Å². The number of hydrogen-bond acceptors (Lipinski definition) is 5. The number of likely N-dealkylation sites (N-methyl/N-ethyl adjacent to an activating group) is 1. The molecule has 0 radical (unpaired) electrons. The number of β-amino-alcohol motifs (C(OH)–C–C–N with tert-alkyl or cyclic N) is 1. The first kappa shape index (κ1) is 19.3. The molecule has 0 aliphatic carbocycles. The maximum absolute atomic E-state index is 12.4. The van der Waals surface area contributed by atoms with Gasteiger partial charge in [-0.1, -0.05) is 30.3 Å². The molecule has 0 aromatic heterocycles. The first-order valence-corrected chi connectivity index (χ1v) is 9.48. The SMILES string of the molecule is C[C@@H](NC(=O)C[C@H]1CC[C@@H]2[C@H](COC[C@@H](O)CN2C)O1)c1ccccc1. The Bertz CT molecular complexity index is 582. The monoisotopic (exact) mass is 362 g/mol. The fourth-order valence-corrected chi connectivity index (χ4v) is 3.93. The van der Waals surface area contributed by atoms with Gasteiger partial charge in [0.15, 0.2) is 0 Å². The molecule has 5 atom stereocenters. The van der Waals surface area contributed by atoms with Crippen molar-refractivity contribution in [2.24, 2.45) is 0 Å². The van der Waals surface area contributed by atoms with Crippen LogP contribution in [0.1, 0.15) is 37.8 Å². The van der Waals surface area contributed by atoms with Gasteiger partial charge in [0.25, 0.3) is 0 Å². The van der Waals surface area contributed by atoms with Crippen LogP contribution in [0.4, 0.5) is 0 Å². The van der Waals surface area contributed by atoms with Crippen LogP contribution in [0.25, 0.3) is 0 Å². The van der Waals surface area contributed by atoms with E-state index in [-0.39, 0.29) is 30.2 Å². The van der Waals surface area contributed by atoms with E-state index in [1.807, 2.05) is 44.3 Å². The second kappa shape index (κ2) is 8.95. The molecular weight excluding hydrogens is 332 g/mol.